The third-order valence-corrected chi connectivity index (χ3v) is 6.87. The minimum Gasteiger partial charge on any atom is -0.395 e. The fourth-order valence-electron chi connectivity index (χ4n) is 5.37. The van der Waals surface area contributed by atoms with Crippen LogP contribution in [0, 0.1) is 5.92 Å². The molecule has 3 aliphatic heterocycles. The molecular formula is C24H28N2O3. The Morgan fingerprint density at radius 2 is 1.76 bits per heavy atom. The van der Waals surface area contributed by atoms with Crippen molar-refractivity contribution in [2.75, 3.05) is 31.3 Å². The van der Waals surface area contributed by atoms with E-state index in [1.54, 1.807) is 0 Å². The number of fused-ring (bicyclic) bond motifs is 3. The van der Waals surface area contributed by atoms with Crippen molar-refractivity contribution in [2.24, 2.45) is 5.92 Å². The van der Waals surface area contributed by atoms with Gasteiger partial charge in [-0.2, -0.15) is 0 Å². The molecule has 152 valence electrons. The van der Waals surface area contributed by atoms with Gasteiger partial charge in [-0.25, -0.2) is 0 Å². The summed E-state index contributed by atoms with van der Waals surface area (Å²) in [6, 6.07) is 19.0. The monoisotopic (exact) mass is 392 g/mol. The van der Waals surface area contributed by atoms with E-state index in [1.165, 1.54) is 11.1 Å². The first-order valence-electron chi connectivity index (χ1n) is 10.7. The summed E-state index contributed by atoms with van der Waals surface area (Å²) in [6.45, 7) is 2.97. The first kappa shape index (κ1) is 18.8. The number of aliphatic hydroxyl groups excluding tert-OH is 1. The molecule has 2 fully saturated rings. The van der Waals surface area contributed by atoms with Crippen LogP contribution < -0.4 is 4.90 Å². The Labute approximate surface area is 171 Å². The van der Waals surface area contributed by atoms with Crippen LogP contribution in [0.3, 0.4) is 0 Å². The summed E-state index contributed by atoms with van der Waals surface area (Å²) in [6.07, 6.45) is 1.61. The van der Waals surface area contributed by atoms with Crippen molar-refractivity contribution in [1.29, 1.82) is 0 Å². The quantitative estimate of drug-likeness (QED) is 0.869. The molecule has 29 heavy (non-hydrogen) atoms. The first-order valence-corrected chi connectivity index (χ1v) is 10.7. The molecule has 0 radical (unpaired) electrons. The van der Waals surface area contributed by atoms with E-state index in [2.05, 4.69) is 41.3 Å². The fraction of sp³-hybridized carbons (Fsp3) is 0.458. The molecule has 2 saturated heterocycles. The van der Waals surface area contributed by atoms with E-state index >= 15 is 0 Å². The van der Waals surface area contributed by atoms with Gasteiger partial charge in [0.05, 0.1) is 6.61 Å². The number of rotatable bonds is 4. The average Bonchev–Trinajstić information content (AvgIpc) is 2.78. The Balaban J connectivity index is 1.45. The fourth-order valence-corrected chi connectivity index (χ4v) is 5.37. The van der Waals surface area contributed by atoms with Crippen molar-refractivity contribution in [3.63, 3.8) is 0 Å². The zero-order valence-corrected chi connectivity index (χ0v) is 16.6. The van der Waals surface area contributed by atoms with Gasteiger partial charge in [-0.15, -0.1) is 0 Å². The normalized spacial score (nSPS) is 27.1. The zero-order valence-electron chi connectivity index (χ0n) is 16.6. The van der Waals surface area contributed by atoms with Crippen LogP contribution >= 0.6 is 0 Å². The van der Waals surface area contributed by atoms with Crippen LogP contribution in [-0.4, -0.2) is 54.4 Å². The average molecular weight is 392 g/mol. The van der Waals surface area contributed by atoms with Crippen molar-refractivity contribution in [3.8, 4) is 0 Å². The summed E-state index contributed by atoms with van der Waals surface area (Å²) < 4.78 is 5.46. The Bertz CT molecular complexity index is 865. The van der Waals surface area contributed by atoms with E-state index in [-0.39, 0.29) is 36.4 Å². The van der Waals surface area contributed by atoms with Gasteiger partial charge in [0.1, 0.15) is 0 Å². The van der Waals surface area contributed by atoms with E-state index in [9.17, 15) is 9.90 Å². The highest BCUT2D eigenvalue weighted by Crippen LogP contribution is 2.49. The van der Waals surface area contributed by atoms with Crippen LogP contribution in [-0.2, 0) is 16.1 Å². The van der Waals surface area contributed by atoms with Crippen molar-refractivity contribution >= 4 is 11.6 Å². The third kappa shape index (κ3) is 3.27. The van der Waals surface area contributed by atoms with E-state index in [0.717, 1.165) is 25.1 Å². The van der Waals surface area contributed by atoms with Gasteiger partial charge in [0.15, 0.2) is 0 Å². The number of ether oxygens (including phenoxy) is 1. The number of benzene rings is 2. The highest BCUT2D eigenvalue weighted by molar-refractivity contribution is 5.96. The largest absolute Gasteiger partial charge is 0.395 e. The molecule has 5 nitrogen and oxygen atoms in total. The number of carbonyl (C=O) groups is 1. The highest BCUT2D eigenvalue weighted by atomic mass is 16.5. The van der Waals surface area contributed by atoms with Gasteiger partial charge in [-0.05, 0) is 30.0 Å². The van der Waals surface area contributed by atoms with E-state index in [4.69, 9.17) is 4.74 Å². The maximum atomic E-state index is 13.4. The Kier molecular flexibility index (Phi) is 5.12. The summed E-state index contributed by atoms with van der Waals surface area (Å²) in [5.41, 5.74) is 3.47. The number of anilines is 1. The molecule has 0 aromatic heterocycles. The maximum absolute atomic E-state index is 13.4. The van der Waals surface area contributed by atoms with Gasteiger partial charge >= 0.3 is 0 Å². The highest BCUT2D eigenvalue weighted by Gasteiger charge is 2.53. The Morgan fingerprint density at radius 3 is 2.52 bits per heavy atom. The number of nitrogens with zero attached hydrogens (tertiary/aromatic N) is 2. The molecule has 0 aliphatic carbocycles. The van der Waals surface area contributed by atoms with Crippen molar-refractivity contribution in [3.05, 3.63) is 65.7 Å². The summed E-state index contributed by atoms with van der Waals surface area (Å²) in [7, 11) is 0. The second-order valence-electron chi connectivity index (χ2n) is 8.40. The van der Waals surface area contributed by atoms with Crippen LogP contribution in [0.2, 0.25) is 0 Å². The molecule has 3 aliphatic rings. The van der Waals surface area contributed by atoms with Crippen LogP contribution in [0.1, 0.15) is 29.9 Å². The topological polar surface area (TPSA) is 53.0 Å². The zero-order chi connectivity index (χ0) is 19.8. The van der Waals surface area contributed by atoms with Gasteiger partial charge in [0, 0.05) is 55.9 Å². The van der Waals surface area contributed by atoms with Crippen LogP contribution in [0.25, 0.3) is 0 Å². The standard InChI is InChI=1S/C24H28N2O3/c27-16-22-23-19-8-4-5-9-20(19)26(24(28)18-10-12-29-13-11-18)15-21(23)25(22)14-17-6-2-1-3-7-17/h1-9,18,21-23,27H,10-16H2/t21-,22+,23+/m0/s1. The van der Waals surface area contributed by atoms with E-state index in [1.807, 2.05) is 23.1 Å². The molecular weight excluding hydrogens is 364 g/mol. The molecule has 0 unspecified atom stereocenters. The lowest BCUT2D eigenvalue weighted by atomic mass is 9.71. The predicted octanol–water partition coefficient (Wildman–Crippen LogP) is 2.79. The van der Waals surface area contributed by atoms with Crippen molar-refractivity contribution in [2.45, 2.75) is 37.4 Å². The molecule has 0 saturated carbocycles. The first-order chi connectivity index (χ1) is 14.3. The van der Waals surface area contributed by atoms with Crippen molar-refractivity contribution in [1.82, 2.24) is 4.90 Å². The van der Waals surface area contributed by atoms with E-state index in [0.29, 0.717) is 19.8 Å². The number of hydrogen-bond acceptors (Lipinski definition) is 4. The number of amides is 1. The molecule has 5 heteroatoms. The lowest BCUT2D eigenvalue weighted by Crippen LogP contribution is -2.69. The second-order valence-corrected chi connectivity index (χ2v) is 8.40. The number of hydrogen-bond donors (Lipinski definition) is 1. The number of carbonyl (C=O) groups excluding carboxylic acids is 1. The summed E-state index contributed by atoms with van der Waals surface area (Å²) >= 11 is 0. The number of para-hydroxylation sites is 1. The molecule has 0 spiro atoms. The molecule has 1 N–H and O–H groups in total. The van der Waals surface area contributed by atoms with E-state index < -0.39 is 0 Å². The molecule has 5 rings (SSSR count). The van der Waals surface area contributed by atoms with Gasteiger partial charge in [-0.1, -0.05) is 48.5 Å². The minimum atomic E-state index is 0.0460. The second kappa shape index (κ2) is 7.90. The van der Waals surface area contributed by atoms with Gasteiger partial charge in [-0.3, -0.25) is 9.69 Å². The van der Waals surface area contributed by atoms with Gasteiger partial charge in [0.25, 0.3) is 0 Å². The lowest BCUT2D eigenvalue weighted by Gasteiger charge is -2.59. The Morgan fingerprint density at radius 1 is 1.03 bits per heavy atom. The van der Waals surface area contributed by atoms with Crippen LogP contribution in [0.15, 0.2) is 54.6 Å². The van der Waals surface area contributed by atoms with Gasteiger partial charge < -0.3 is 14.7 Å². The maximum Gasteiger partial charge on any atom is 0.230 e. The number of likely N-dealkylation sites (tertiary alicyclic amines) is 1. The minimum absolute atomic E-state index is 0.0460. The molecule has 1 amide bonds. The summed E-state index contributed by atoms with van der Waals surface area (Å²) in [4.78, 5) is 17.8. The number of aliphatic hydroxyl groups is 1. The molecule has 2 aromatic carbocycles. The molecule has 2 aromatic rings. The van der Waals surface area contributed by atoms with Crippen molar-refractivity contribution < 1.29 is 14.6 Å². The summed E-state index contributed by atoms with van der Waals surface area (Å²) in [5.74, 6) is 0.551. The van der Waals surface area contributed by atoms with Crippen LogP contribution in [0.4, 0.5) is 5.69 Å². The predicted molar refractivity (Wildman–Crippen MR) is 112 cm³/mol. The van der Waals surface area contributed by atoms with Crippen LogP contribution in [0.5, 0.6) is 0 Å². The molecule has 3 atom stereocenters. The summed E-state index contributed by atoms with van der Waals surface area (Å²) in [5, 5.41) is 10.1. The molecule has 3 heterocycles. The third-order valence-electron chi connectivity index (χ3n) is 6.87. The Hall–Kier alpha value is -2.21. The van der Waals surface area contributed by atoms with Gasteiger partial charge in [0.2, 0.25) is 5.91 Å². The molecule has 0 bridgehead atoms. The smallest absolute Gasteiger partial charge is 0.230 e. The SMILES string of the molecule is O=C(C1CCOCC1)N1C[C@H]2[C@@H](c3ccccc31)[C@@H](CO)N2Cc1ccccc1. The lowest BCUT2D eigenvalue weighted by molar-refractivity contribution is -0.126.